The van der Waals surface area contributed by atoms with Gasteiger partial charge < -0.3 is 4.42 Å². The van der Waals surface area contributed by atoms with Gasteiger partial charge in [-0.3, -0.25) is 0 Å². The maximum absolute atomic E-state index is 9.31. The van der Waals surface area contributed by atoms with E-state index in [2.05, 4.69) is 101 Å². The molecule has 2 heterocycles. The van der Waals surface area contributed by atoms with Gasteiger partial charge in [0.15, 0.2) is 6.20 Å². The Morgan fingerprint density at radius 1 is 0.846 bits per heavy atom. The standard InChI is InChI=1S/C37H42NO/c1-23-12-15-27-28-16-13-25-14-17-29-33(37(4,5)20-19-36(29,2)3)32(25)35(28)39-34(27)31(23)30-22-26(18-21-38(30)6)24-10-8-7-9-11-24/h12-18,21-22,24H,7-11,19-20H2,1-6H3/q+1/i24D. The third-order valence-corrected chi connectivity index (χ3v) is 10.1. The van der Waals surface area contributed by atoms with Gasteiger partial charge in [0.05, 0.1) is 5.56 Å². The molecule has 2 aromatic heterocycles. The molecule has 39 heavy (non-hydrogen) atoms. The minimum atomic E-state index is -0.495. The first-order valence-electron chi connectivity index (χ1n) is 15.4. The summed E-state index contributed by atoms with van der Waals surface area (Å²) in [6.07, 6.45) is 9.93. The van der Waals surface area contributed by atoms with Gasteiger partial charge in [0.2, 0.25) is 5.69 Å². The second-order valence-corrected chi connectivity index (χ2v) is 13.6. The van der Waals surface area contributed by atoms with E-state index in [9.17, 15) is 1.37 Å². The predicted molar refractivity (Wildman–Crippen MR) is 164 cm³/mol. The number of aromatic nitrogens is 1. The van der Waals surface area contributed by atoms with Gasteiger partial charge in [-0.1, -0.05) is 77.3 Å². The van der Waals surface area contributed by atoms with Gasteiger partial charge in [-0.15, -0.1) is 0 Å². The molecule has 5 aromatic rings. The SMILES string of the molecule is [2H]C1(c2cc[n+](C)c(-c3c(C)ccc4c3oc3c4ccc4ccc5c(c43)C(C)(C)CCC5(C)C)c2)CCCCC1. The molecule has 0 spiro atoms. The van der Waals surface area contributed by atoms with E-state index in [1.54, 1.807) is 0 Å². The van der Waals surface area contributed by atoms with Gasteiger partial charge in [0.25, 0.3) is 0 Å². The van der Waals surface area contributed by atoms with Crippen LogP contribution in [0.3, 0.4) is 0 Å². The molecule has 2 aliphatic rings. The smallest absolute Gasteiger partial charge is 0.216 e. The number of furan rings is 1. The minimum absolute atomic E-state index is 0.0829. The van der Waals surface area contributed by atoms with Crippen molar-refractivity contribution in [2.24, 2.45) is 7.05 Å². The van der Waals surface area contributed by atoms with E-state index < -0.39 is 5.89 Å². The molecule has 200 valence electrons. The first-order chi connectivity index (χ1) is 19.0. The van der Waals surface area contributed by atoms with E-state index in [1.165, 1.54) is 57.5 Å². The highest BCUT2D eigenvalue weighted by atomic mass is 16.3. The molecular weight excluding hydrogens is 474 g/mol. The van der Waals surface area contributed by atoms with Crippen LogP contribution < -0.4 is 4.57 Å². The van der Waals surface area contributed by atoms with Gasteiger partial charge in [0.1, 0.15) is 18.2 Å². The van der Waals surface area contributed by atoms with E-state index >= 15 is 0 Å². The first kappa shape index (κ1) is 23.7. The van der Waals surface area contributed by atoms with E-state index in [4.69, 9.17) is 4.42 Å². The molecule has 0 saturated heterocycles. The van der Waals surface area contributed by atoms with Crippen molar-refractivity contribution in [2.45, 2.75) is 96.3 Å². The van der Waals surface area contributed by atoms with Crippen molar-refractivity contribution in [2.75, 3.05) is 0 Å². The summed E-state index contributed by atoms with van der Waals surface area (Å²) >= 11 is 0. The fourth-order valence-corrected chi connectivity index (χ4v) is 7.58. The molecule has 3 aromatic carbocycles. The quantitative estimate of drug-likeness (QED) is 0.213. The minimum Gasteiger partial charge on any atom is -0.454 e. The lowest BCUT2D eigenvalue weighted by molar-refractivity contribution is -0.660. The van der Waals surface area contributed by atoms with Gasteiger partial charge in [-0.2, -0.15) is 0 Å². The Hall–Kier alpha value is -3.13. The van der Waals surface area contributed by atoms with Crippen molar-refractivity contribution in [1.29, 1.82) is 0 Å². The number of hydrogen-bond acceptors (Lipinski definition) is 1. The number of rotatable bonds is 2. The highest BCUT2D eigenvalue weighted by Gasteiger charge is 2.39. The van der Waals surface area contributed by atoms with Crippen LogP contribution in [0.25, 0.3) is 44.0 Å². The Balaban J connectivity index is 1.54. The summed E-state index contributed by atoms with van der Waals surface area (Å²) in [5, 5.41) is 4.92. The zero-order chi connectivity index (χ0) is 28.0. The average Bonchev–Trinajstić information content (AvgIpc) is 3.30. The number of pyridine rings is 1. The van der Waals surface area contributed by atoms with E-state index in [0.29, 0.717) is 0 Å². The molecule has 1 saturated carbocycles. The Bertz CT molecular complexity index is 1820. The van der Waals surface area contributed by atoms with Gasteiger partial charge in [0, 0.05) is 29.7 Å². The molecule has 2 heteroatoms. The molecule has 0 N–H and O–H groups in total. The Kier molecular flexibility index (Phi) is 5.28. The third-order valence-electron chi connectivity index (χ3n) is 10.1. The summed E-state index contributed by atoms with van der Waals surface area (Å²) in [5.41, 5.74) is 9.76. The van der Waals surface area contributed by atoms with Crippen molar-refractivity contribution in [3.05, 3.63) is 77.0 Å². The Morgan fingerprint density at radius 2 is 1.54 bits per heavy atom. The fourth-order valence-electron chi connectivity index (χ4n) is 7.58. The summed E-state index contributed by atoms with van der Waals surface area (Å²) in [6.45, 7) is 11.8. The van der Waals surface area contributed by atoms with Crippen LogP contribution in [-0.2, 0) is 17.9 Å². The molecule has 0 bridgehead atoms. The molecule has 0 radical (unpaired) electrons. The van der Waals surface area contributed by atoms with Crippen LogP contribution in [0.4, 0.5) is 0 Å². The molecular formula is C37H42NO+. The number of fused-ring (bicyclic) bond motifs is 7. The number of hydrogen-bond donors (Lipinski definition) is 0. The molecule has 0 atom stereocenters. The molecule has 0 unspecified atom stereocenters. The normalized spacial score (nSPS) is 20.3. The highest BCUT2D eigenvalue weighted by Crippen LogP contribution is 2.51. The molecule has 2 aliphatic carbocycles. The molecule has 2 nitrogen and oxygen atoms in total. The van der Waals surface area contributed by atoms with Crippen LogP contribution in [-0.4, -0.2) is 0 Å². The van der Waals surface area contributed by atoms with Crippen molar-refractivity contribution in [3.8, 4) is 11.3 Å². The summed E-state index contributed by atoms with van der Waals surface area (Å²) in [4.78, 5) is 0. The predicted octanol–water partition coefficient (Wildman–Crippen LogP) is 9.94. The Labute approximate surface area is 234 Å². The maximum atomic E-state index is 9.31. The topological polar surface area (TPSA) is 17.0 Å². The summed E-state index contributed by atoms with van der Waals surface area (Å²) in [5.74, 6) is -0.495. The van der Waals surface area contributed by atoms with Crippen LogP contribution in [0, 0.1) is 6.92 Å². The van der Waals surface area contributed by atoms with Crippen LogP contribution in [0.1, 0.15) is 102 Å². The van der Waals surface area contributed by atoms with Gasteiger partial charge in [-0.05, 0) is 83.0 Å². The third kappa shape index (κ3) is 3.78. The molecule has 1 fully saturated rings. The summed E-state index contributed by atoms with van der Waals surface area (Å²) < 4.78 is 18.6. The lowest BCUT2D eigenvalue weighted by Crippen LogP contribution is -2.34. The fraction of sp³-hybridized carbons (Fsp3) is 0.432. The Morgan fingerprint density at radius 3 is 2.33 bits per heavy atom. The number of nitrogens with zero attached hydrogens (tertiary/aromatic N) is 1. The second-order valence-electron chi connectivity index (χ2n) is 13.6. The average molecular weight is 518 g/mol. The van der Waals surface area contributed by atoms with Crippen molar-refractivity contribution in [3.63, 3.8) is 0 Å². The largest absolute Gasteiger partial charge is 0.454 e. The van der Waals surface area contributed by atoms with Gasteiger partial charge in [-0.25, -0.2) is 4.57 Å². The molecule has 0 aliphatic heterocycles. The van der Waals surface area contributed by atoms with Crippen LogP contribution in [0.15, 0.2) is 59.1 Å². The van der Waals surface area contributed by atoms with Crippen LogP contribution >= 0.6 is 0 Å². The maximum Gasteiger partial charge on any atom is 0.216 e. The summed E-state index contributed by atoms with van der Waals surface area (Å²) in [6, 6.07) is 18.2. The van der Waals surface area contributed by atoms with Crippen LogP contribution in [0.5, 0.6) is 0 Å². The number of benzene rings is 3. The van der Waals surface area contributed by atoms with Crippen LogP contribution in [0.2, 0.25) is 0 Å². The lowest BCUT2D eigenvalue weighted by Gasteiger charge is -2.42. The highest BCUT2D eigenvalue weighted by molar-refractivity contribution is 6.18. The molecule has 0 amide bonds. The molecule has 7 rings (SSSR count). The van der Waals surface area contributed by atoms with Crippen molar-refractivity contribution < 1.29 is 10.4 Å². The second kappa shape index (κ2) is 8.68. The lowest BCUT2D eigenvalue weighted by atomic mass is 9.62. The van der Waals surface area contributed by atoms with Crippen molar-refractivity contribution >= 4 is 32.7 Å². The first-order valence-corrected chi connectivity index (χ1v) is 14.9. The van der Waals surface area contributed by atoms with E-state index in [-0.39, 0.29) is 10.8 Å². The zero-order valence-corrected chi connectivity index (χ0v) is 24.5. The van der Waals surface area contributed by atoms with Gasteiger partial charge >= 0.3 is 0 Å². The zero-order valence-electron chi connectivity index (χ0n) is 25.5. The van der Waals surface area contributed by atoms with E-state index in [0.717, 1.165) is 53.7 Å². The van der Waals surface area contributed by atoms with Crippen molar-refractivity contribution in [1.82, 2.24) is 0 Å². The monoisotopic (exact) mass is 517 g/mol. The number of aryl methyl sites for hydroxylation is 2. The van der Waals surface area contributed by atoms with E-state index in [1.807, 2.05) is 0 Å². The summed E-state index contributed by atoms with van der Waals surface area (Å²) in [7, 11) is 2.12.